The number of rotatable bonds is 7. The first-order chi connectivity index (χ1) is 18.4. The van der Waals surface area contributed by atoms with Crippen LogP contribution in [-0.4, -0.2) is 42.3 Å². The molecule has 6 nitrogen and oxygen atoms in total. The molecule has 2 heterocycles. The summed E-state index contributed by atoms with van der Waals surface area (Å²) < 4.78 is 6.16. The molecule has 0 radical (unpaired) electrons. The molecule has 0 saturated carbocycles. The van der Waals surface area contributed by atoms with E-state index in [9.17, 15) is 9.59 Å². The largest absolute Gasteiger partial charge is 0.455 e. The fourth-order valence-electron chi connectivity index (χ4n) is 4.49. The molecular weight excluding hydrogens is 474 g/mol. The van der Waals surface area contributed by atoms with E-state index in [1.54, 1.807) is 25.2 Å². The van der Waals surface area contributed by atoms with Crippen molar-refractivity contribution < 1.29 is 14.0 Å². The number of hydrogen-bond donors (Lipinski definition) is 1. The van der Waals surface area contributed by atoms with Gasteiger partial charge in [0.25, 0.3) is 11.8 Å². The minimum absolute atomic E-state index is 0.0394. The monoisotopic (exact) mass is 503 g/mol. The highest BCUT2D eigenvalue weighted by molar-refractivity contribution is 6.11. The van der Waals surface area contributed by atoms with Gasteiger partial charge in [0.05, 0.1) is 5.56 Å². The number of fused-ring (bicyclic) bond motifs is 1. The van der Waals surface area contributed by atoms with Crippen molar-refractivity contribution in [1.82, 2.24) is 15.2 Å². The van der Waals surface area contributed by atoms with Crippen molar-refractivity contribution in [3.05, 3.63) is 114 Å². The molecule has 0 fully saturated rings. The topological polar surface area (TPSA) is 75.4 Å². The molecule has 0 atom stereocenters. The summed E-state index contributed by atoms with van der Waals surface area (Å²) >= 11 is 0. The Morgan fingerprint density at radius 2 is 1.61 bits per heavy atom. The molecule has 1 N–H and O–H groups in total. The first-order valence-corrected chi connectivity index (χ1v) is 12.6. The zero-order valence-electron chi connectivity index (χ0n) is 21.7. The van der Waals surface area contributed by atoms with Gasteiger partial charge in [-0.15, -0.1) is 0 Å². The van der Waals surface area contributed by atoms with Crippen molar-refractivity contribution in [2.75, 3.05) is 20.6 Å². The molecule has 6 heteroatoms. The van der Waals surface area contributed by atoms with Crippen molar-refractivity contribution in [3.63, 3.8) is 0 Å². The van der Waals surface area contributed by atoms with Gasteiger partial charge in [-0.1, -0.05) is 54.1 Å². The van der Waals surface area contributed by atoms with E-state index < -0.39 is 0 Å². The summed E-state index contributed by atoms with van der Waals surface area (Å²) in [5.74, 6) is 0.305. The lowest BCUT2D eigenvalue weighted by Crippen LogP contribution is -2.28. The van der Waals surface area contributed by atoms with Crippen LogP contribution in [-0.2, 0) is 6.42 Å². The Labute approximate surface area is 221 Å². The van der Waals surface area contributed by atoms with Crippen LogP contribution in [0.15, 0.2) is 95.5 Å². The maximum Gasteiger partial charge on any atom is 0.255 e. The van der Waals surface area contributed by atoms with Crippen LogP contribution in [0.3, 0.4) is 0 Å². The van der Waals surface area contributed by atoms with Gasteiger partial charge in [0.1, 0.15) is 11.3 Å². The summed E-state index contributed by atoms with van der Waals surface area (Å²) in [6, 6.07) is 27.1. The van der Waals surface area contributed by atoms with Crippen LogP contribution in [0.4, 0.5) is 0 Å². The number of carbonyl (C=O) groups is 2. The molecule has 5 rings (SSSR count). The van der Waals surface area contributed by atoms with Crippen molar-refractivity contribution in [3.8, 4) is 22.5 Å². The molecule has 2 amide bonds. The van der Waals surface area contributed by atoms with Gasteiger partial charge < -0.3 is 14.6 Å². The van der Waals surface area contributed by atoms with Crippen LogP contribution in [0.1, 0.15) is 32.0 Å². The van der Waals surface area contributed by atoms with Gasteiger partial charge in [-0.25, -0.2) is 0 Å². The lowest BCUT2D eigenvalue weighted by atomic mass is 9.99. The maximum absolute atomic E-state index is 12.9. The van der Waals surface area contributed by atoms with Crippen LogP contribution in [0.5, 0.6) is 0 Å². The number of likely N-dealkylation sites (N-methyl/N-ethyl adjacent to an activating group) is 1. The quantitative estimate of drug-likeness (QED) is 0.289. The second-order valence-corrected chi connectivity index (χ2v) is 9.34. The molecule has 5 aromatic rings. The second kappa shape index (κ2) is 10.7. The number of pyridine rings is 1. The van der Waals surface area contributed by atoms with Crippen molar-refractivity contribution >= 4 is 22.8 Å². The summed E-state index contributed by atoms with van der Waals surface area (Å²) in [6.07, 6.45) is 2.46. The van der Waals surface area contributed by atoms with E-state index in [2.05, 4.69) is 10.3 Å². The van der Waals surface area contributed by atoms with Crippen molar-refractivity contribution in [2.24, 2.45) is 0 Å². The third-order valence-electron chi connectivity index (χ3n) is 6.70. The number of carbonyl (C=O) groups excluding carboxylic acids is 2. The normalized spacial score (nSPS) is 10.9. The highest BCUT2D eigenvalue weighted by Gasteiger charge is 2.22. The fourth-order valence-corrected chi connectivity index (χ4v) is 4.49. The maximum atomic E-state index is 12.9. The molecule has 38 heavy (non-hydrogen) atoms. The zero-order valence-corrected chi connectivity index (χ0v) is 21.7. The third kappa shape index (κ3) is 5.06. The van der Waals surface area contributed by atoms with E-state index in [1.165, 1.54) is 0 Å². The highest BCUT2D eigenvalue weighted by atomic mass is 16.3. The van der Waals surface area contributed by atoms with Crippen LogP contribution in [0, 0.1) is 6.92 Å². The summed E-state index contributed by atoms with van der Waals surface area (Å²) in [4.78, 5) is 31.9. The third-order valence-corrected chi connectivity index (χ3v) is 6.70. The number of amides is 2. The molecular formula is C32H29N3O3. The summed E-state index contributed by atoms with van der Waals surface area (Å²) in [5.41, 5.74) is 6.59. The van der Waals surface area contributed by atoms with E-state index in [0.717, 1.165) is 33.3 Å². The van der Waals surface area contributed by atoms with Crippen molar-refractivity contribution in [1.29, 1.82) is 0 Å². The number of aromatic nitrogens is 1. The minimum Gasteiger partial charge on any atom is -0.455 e. The standard InChI is InChI=1S/C32H29N3O3/c1-21-7-9-23(10-8-21)30-29(31(36)33-2)27-20-25(15-16-28(27)38-30)22-11-13-24(14-12-22)32(37)35(3)19-17-26-6-4-5-18-34-26/h4-16,18,20H,17,19H2,1-3H3,(H,33,36). The van der Waals surface area contributed by atoms with Gasteiger partial charge in [-0.2, -0.15) is 0 Å². The SMILES string of the molecule is CNC(=O)c1c(-c2ccc(C)cc2)oc2ccc(-c3ccc(C(=O)N(C)CCc4ccccn4)cc3)cc12. The fraction of sp³-hybridized carbons (Fsp3) is 0.156. The number of nitrogens with zero attached hydrogens (tertiary/aromatic N) is 2. The van der Waals surface area contributed by atoms with E-state index in [-0.39, 0.29) is 11.8 Å². The summed E-state index contributed by atoms with van der Waals surface area (Å²) in [6.45, 7) is 2.60. The lowest BCUT2D eigenvalue weighted by molar-refractivity contribution is 0.0796. The molecule has 0 unspecified atom stereocenters. The number of furan rings is 1. The molecule has 0 spiro atoms. The Bertz CT molecular complexity index is 1590. The second-order valence-electron chi connectivity index (χ2n) is 9.34. The zero-order chi connectivity index (χ0) is 26.6. The molecule has 2 aromatic heterocycles. The van der Waals surface area contributed by atoms with E-state index >= 15 is 0 Å². The predicted octanol–water partition coefficient (Wildman–Crippen LogP) is 6.14. The summed E-state index contributed by atoms with van der Waals surface area (Å²) in [5, 5.41) is 3.49. The number of benzene rings is 3. The van der Waals surface area contributed by atoms with E-state index in [4.69, 9.17) is 4.42 Å². The van der Waals surface area contributed by atoms with E-state index in [0.29, 0.717) is 35.4 Å². The average molecular weight is 504 g/mol. The average Bonchev–Trinajstić information content (AvgIpc) is 3.35. The number of nitrogens with one attached hydrogen (secondary N) is 1. The van der Waals surface area contributed by atoms with Crippen LogP contribution in [0.25, 0.3) is 33.4 Å². The van der Waals surface area contributed by atoms with Gasteiger partial charge in [0.15, 0.2) is 0 Å². The molecule has 0 aliphatic heterocycles. The van der Waals surface area contributed by atoms with Crippen LogP contribution < -0.4 is 5.32 Å². The van der Waals surface area contributed by atoms with E-state index in [1.807, 2.05) is 91.9 Å². The summed E-state index contributed by atoms with van der Waals surface area (Å²) in [7, 11) is 3.42. The molecule has 0 aliphatic rings. The Morgan fingerprint density at radius 1 is 0.895 bits per heavy atom. The molecule has 0 aliphatic carbocycles. The Balaban J connectivity index is 1.41. The Kier molecular flexibility index (Phi) is 7.05. The molecule has 0 bridgehead atoms. The van der Waals surface area contributed by atoms with Gasteiger partial charge in [0.2, 0.25) is 0 Å². The minimum atomic E-state index is -0.203. The lowest BCUT2D eigenvalue weighted by Gasteiger charge is -2.17. The van der Waals surface area contributed by atoms with Crippen LogP contribution in [0.2, 0.25) is 0 Å². The van der Waals surface area contributed by atoms with Gasteiger partial charge in [0, 0.05) is 55.5 Å². The highest BCUT2D eigenvalue weighted by Crippen LogP contribution is 2.36. The Hall–Kier alpha value is -4.71. The van der Waals surface area contributed by atoms with Crippen LogP contribution >= 0.6 is 0 Å². The molecule has 0 saturated heterocycles. The first-order valence-electron chi connectivity index (χ1n) is 12.6. The Morgan fingerprint density at radius 3 is 2.29 bits per heavy atom. The number of hydrogen-bond acceptors (Lipinski definition) is 4. The molecule has 190 valence electrons. The predicted molar refractivity (Wildman–Crippen MR) is 150 cm³/mol. The van der Waals surface area contributed by atoms with Gasteiger partial charge in [-0.05, 0) is 54.4 Å². The van der Waals surface area contributed by atoms with Crippen molar-refractivity contribution in [2.45, 2.75) is 13.3 Å². The smallest absolute Gasteiger partial charge is 0.255 e. The van der Waals surface area contributed by atoms with Gasteiger partial charge >= 0.3 is 0 Å². The van der Waals surface area contributed by atoms with Gasteiger partial charge in [-0.3, -0.25) is 14.6 Å². The molecule has 3 aromatic carbocycles. The number of aryl methyl sites for hydroxylation is 1. The first kappa shape index (κ1) is 25.0.